The predicted molar refractivity (Wildman–Crippen MR) is 82.2 cm³/mol. The van der Waals surface area contributed by atoms with Crippen LogP contribution >= 0.6 is 0 Å². The van der Waals surface area contributed by atoms with E-state index >= 15 is 0 Å². The van der Waals surface area contributed by atoms with E-state index in [2.05, 4.69) is 46.3 Å². The van der Waals surface area contributed by atoms with Crippen LogP contribution in [-0.2, 0) is 11.3 Å². The maximum absolute atomic E-state index is 5.96. The number of para-hydroxylation sites is 1. The molecule has 0 aliphatic carbocycles. The molecule has 1 atom stereocenters. The molecule has 0 bridgehead atoms. The van der Waals surface area contributed by atoms with E-state index in [1.54, 1.807) is 0 Å². The van der Waals surface area contributed by atoms with E-state index < -0.39 is 0 Å². The fourth-order valence-corrected chi connectivity index (χ4v) is 3.14. The molecule has 0 radical (unpaired) electrons. The van der Waals surface area contributed by atoms with Crippen molar-refractivity contribution in [3.63, 3.8) is 0 Å². The summed E-state index contributed by atoms with van der Waals surface area (Å²) < 4.78 is 5.96. The van der Waals surface area contributed by atoms with Gasteiger partial charge in [-0.1, -0.05) is 25.1 Å². The van der Waals surface area contributed by atoms with Crippen LogP contribution in [0.3, 0.4) is 0 Å². The number of hydrogen-bond acceptors (Lipinski definition) is 4. The Bertz CT molecular complexity index is 437. The molecule has 2 aliphatic rings. The zero-order valence-electron chi connectivity index (χ0n) is 12.3. The molecule has 0 spiro atoms. The highest BCUT2D eigenvalue weighted by atomic mass is 16.5. The lowest BCUT2D eigenvalue weighted by Gasteiger charge is -2.36. The lowest BCUT2D eigenvalue weighted by atomic mass is 10.1. The first-order chi connectivity index (χ1) is 9.86. The number of ether oxygens (including phenoxy) is 1. The minimum Gasteiger partial charge on any atom is -0.374 e. The van der Waals surface area contributed by atoms with Gasteiger partial charge in [-0.2, -0.15) is 0 Å². The SMILES string of the molecule is CCN1CCOC(CN2CCNCc3ccccc32)C1. The van der Waals surface area contributed by atoms with Crippen LogP contribution in [0.25, 0.3) is 0 Å². The van der Waals surface area contributed by atoms with Gasteiger partial charge in [0.25, 0.3) is 0 Å². The molecule has 1 fully saturated rings. The second kappa shape index (κ2) is 6.57. The molecule has 2 aliphatic heterocycles. The first kappa shape index (κ1) is 13.9. The predicted octanol–water partition coefficient (Wildman–Crippen LogP) is 1.32. The van der Waals surface area contributed by atoms with E-state index in [0.717, 1.165) is 52.4 Å². The van der Waals surface area contributed by atoms with Gasteiger partial charge in [0.15, 0.2) is 0 Å². The molecule has 1 N–H and O–H groups in total. The highest BCUT2D eigenvalue weighted by molar-refractivity contribution is 5.54. The van der Waals surface area contributed by atoms with Gasteiger partial charge in [-0.3, -0.25) is 4.90 Å². The Kier molecular flexibility index (Phi) is 4.55. The van der Waals surface area contributed by atoms with Crippen LogP contribution in [0.5, 0.6) is 0 Å². The van der Waals surface area contributed by atoms with Crippen molar-refractivity contribution in [2.75, 3.05) is 50.8 Å². The minimum absolute atomic E-state index is 0.329. The van der Waals surface area contributed by atoms with Crippen LogP contribution in [0.4, 0.5) is 5.69 Å². The van der Waals surface area contributed by atoms with Crippen LogP contribution in [-0.4, -0.2) is 56.9 Å². The van der Waals surface area contributed by atoms with Gasteiger partial charge < -0.3 is 15.0 Å². The minimum atomic E-state index is 0.329. The molecule has 1 aromatic rings. The smallest absolute Gasteiger partial charge is 0.0877 e. The number of rotatable bonds is 3. The summed E-state index contributed by atoms with van der Waals surface area (Å²) in [4.78, 5) is 4.97. The lowest BCUT2D eigenvalue weighted by Crippen LogP contribution is -2.48. The summed E-state index contributed by atoms with van der Waals surface area (Å²) in [7, 11) is 0. The van der Waals surface area contributed by atoms with E-state index in [0.29, 0.717) is 6.10 Å². The third-order valence-corrected chi connectivity index (χ3v) is 4.30. The van der Waals surface area contributed by atoms with Gasteiger partial charge in [0, 0.05) is 45.0 Å². The van der Waals surface area contributed by atoms with Gasteiger partial charge in [0.1, 0.15) is 0 Å². The first-order valence-corrected chi connectivity index (χ1v) is 7.74. The normalized spacial score (nSPS) is 24.2. The molecular formula is C16H25N3O. The molecule has 0 aromatic heterocycles. The van der Waals surface area contributed by atoms with Crippen molar-refractivity contribution in [1.29, 1.82) is 0 Å². The number of hydrogen-bond donors (Lipinski definition) is 1. The Labute approximate surface area is 121 Å². The number of nitrogens with zero attached hydrogens (tertiary/aromatic N) is 2. The topological polar surface area (TPSA) is 27.7 Å². The van der Waals surface area contributed by atoms with Crippen molar-refractivity contribution in [2.24, 2.45) is 0 Å². The van der Waals surface area contributed by atoms with Gasteiger partial charge >= 0.3 is 0 Å². The Balaban J connectivity index is 1.70. The molecule has 4 heteroatoms. The summed E-state index contributed by atoms with van der Waals surface area (Å²) in [6, 6.07) is 8.72. The molecule has 110 valence electrons. The average Bonchev–Trinajstić information content (AvgIpc) is 2.70. The summed E-state index contributed by atoms with van der Waals surface area (Å²) in [6.45, 7) is 10.4. The number of likely N-dealkylation sites (N-methyl/N-ethyl adjacent to an activating group) is 1. The van der Waals surface area contributed by atoms with Crippen LogP contribution in [0.15, 0.2) is 24.3 Å². The Hall–Kier alpha value is -1.10. The summed E-state index contributed by atoms with van der Waals surface area (Å²) in [5, 5.41) is 3.50. The van der Waals surface area contributed by atoms with Gasteiger partial charge in [0.05, 0.1) is 12.7 Å². The van der Waals surface area contributed by atoms with Gasteiger partial charge in [-0.15, -0.1) is 0 Å². The van der Waals surface area contributed by atoms with Gasteiger partial charge in [-0.25, -0.2) is 0 Å². The Morgan fingerprint density at radius 3 is 3.10 bits per heavy atom. The second-order valence-electron chi connectivity index (χ2n) is 5.64. The number of fused-ring (bicyclic) bond motifs is 1. The van der Waals surface area contributed by atoms with E-state index in [4.69, 9.17) is 4.74 Å². The van der Waals surface area contributed by atoms with Crippen LogP contribution < -0.4 is 10.2 Å². The van der Waals surface area contributed by atoms with E-state index in [-0.39, 0.29) is 0 Å². The first-order valence-electron chi connectivity index (χ1n) is 7.74. The number of anilines is 1. The number of morpholine rings is 1. The summed E-state index contributed by atoms with van der Waals surface area (Å²) in [6.07, 6.45) is 0.329. The monoisotopic (exact) mass is 275 g/mol. The van der Waals surface area contributed by atoms with Crippen LogP contribution in [0, 0.1) is 0 Å². The van der Waals surface area contributed by atoms with Crippen molar-refractivity contribution in [1.82, 2.24) is 10.2 Å². The largest absolute Gasteiger partial charge is 0.374 e. The molecule has 1 aromatic carbocycles. The number of benzene rings is 1. The zero-order valence-corrected chi connectivity index (χ0v) is 12.3. The fourth-order valence-electron chi connectivity index (χ4n) is 3.14. The maximum Gasteiger partial charge on any atom is 0.0877 e. The third kappa shape index (κ3) is 3.14. The molecule has 20 heavy (non-hydrogen) atoms. The van der Waals surface area contributed by atoms with Crippen molar-refractivity contribution in [2.45, 2.75) is 19.6 Å². The average molecular weight is 275 g/mol. The van der Waals surface area contributed by atoms with E-state index in [9.17, 15) is 0 Å². The molecule has 3 rings (SSSR count). The zero-order chi connectivity index (χ0) is 13.8. The standard InChI is InChI=1S/C16H25N3O/c1-2-18-9-10-20-15(12-18)13-19-8-7-17-11-14-5-3-4-6-16(14)19/h3-6,15,17H,2,7-13H2,1H3. The maximum atomic E-state index is 5.96. The Morgan fingerprint density at radius 2 is 2.20 bits per heavy atom. The van der Waals surface area contributed by atoms with E-state index in [1.165, 1.54) is 11.3 Å². The van der Waals surface area contributed by atoms with Crippen LogP contribution in [0.1, 0.15) is 12.5 Å². The van der Waals surface area contributed by atoms with Gasteiger partial charge in [0.2, 0.25) is 0 Å². The second-order valence-corrected chi connectivity index (χ2v) is 5.64. The van der Waals surface area contributed by atoms with Crippen molar-refractivity contribution < 1.29 is 4.74 Å². The van der Waals surface area contributed by atoms with Crippen LogP contribution in [0.2, 0.25) is 0 Å². The summed E-state index contributed by atoms with van der Waals surface area (Å²) in [5.41, 5.74) is 2.77. The lowest BCUT2D eigenvalue weighted by molar-refractivity contribution is -0.0220. The summed E-state index contributed by atoms with van der Waals surface area (Å²) >= 11 is 0. The molecule has 0 saturated carbocycles. The van der Waals surface area contributed by atoms with Crippen molar-refractivity contribution >= 4 is 5.69 Å². The number of nitrogens with one attached hydrogen (secondary N) is 1. The van der Waals surface area contributed by atoms with E-state index in [1.807, 2.05) is 0 Å². The molecule has 0 amide bonds. The van der Waals surface area contributed by atoms with Crippen molar-refractivity contribution in [3.05, 3.63) is 29.8 Å². The molecule has 1 unspecified atom stereocenters. The third-order valence-electron chi connectivity index (χ3n) is 4.30. The quantitative estimate of drug-likeness (QED) is 0.900. The molecule has 4 nitrogen and oxygen atoms in total. The van der Waals surface area contributed by atoms with Gasteiger partial charge in [-0.05, 0) is 18.2 Å². The molecule has 2 heterocycles. The molecular weight excluding hydrogens is 250 g/mol. The summed E-state index contributed by atoms with van der Waals surface area (Å²) in [5.74, 6) is 0. The highest BCUT2D eigenvalue weighted by Gasteiger charge is 2.23. The molecule has 1 saturated heterocycles. The fraction of sp³-hybridized carbons (Fsp3) is 0.625. The van der Waals surface area contributed by atoms with Crippen molar-refractivity contribution in [3.8, 4) is 0 Å². The Morgan fingerprint density at radius 1 is 1.30 bits per heavy atom. The highest BCUT2D eigenvalue weighted by Crippen LogP contribution is 2.23.